The topological polar surface area (TPSA) is 71.2 Å². The molecule has 0 aliphatic carbocycles. The molecule has 0 radical (unpaired) electrons. The van der Waals surface area contributed by atoms with Crippen molar-refractivity contribution >= 4 is 5.91 Å². The summed E-state index contributed by atoms with van der Waals surface area (Å²) in [5, 5.41) is 16.7. The summed E-state index contributed by atoms with van der Waals surface area (Å²) in [7, 11) is 0. The molecule has 0 bridgehead atoms. The van der Waals surface area contributed by atoms with Gasteiger partial charge in [0.2, 0.25) is 0 Å². The molecule has 1 aromatic heterocycles. The van der Waals surface area contributed by atoms with Gasteiger partial charge in [0.1, 0.15) is 0 Å². The SMILES string of the molecule is CCN(CCO)C(=O)c1cn(CCC(C)C)nn1. The molecule has 1 amide bonds. The lowest BCUT2D eigenvalue weighted by atomic mass is 10.1. The van der Waals surface area contributed by atoms with Crippen molar-refractivity contribution in [3.8, 4) is 0 Å². The van der Waals surface area contributed by atoms with Crippen molar-refractivity contribution in [1.29, 1.82) is 0 Å². The summed E-state index contributed by atoms with van der Waals surface area (Å²) in [5.74, 6) is 0.414. The molecule has 0 aliphatic rings. The van der Waals surface area contributed by atoms with E-state index in [0.29, 0.717) is 24.7 Å². The van der Waals surface area contributed by atoms with Gasteiger partial charge in [-0.15, -0.1) is 5.10 Å². The van der Waals surface area contributed by atoms with Gasteiger partial charge in [-0.05, 0) is 19.3 Å². The van der Waals surface area contributed by atoms with Crippen molar-refractivity contribution in [3.05, 3.63) is 11.9 Å². The Hall–Kier alpha value is -1.43. The molecule has 6 heteroatoms. The van der Waals surface area contributed by atoms with Gasteiger partial charge in [-0.25, -0.2) is 0 Å². The molecule has 1 rings (SSSR count). The van der Waals surface area contributed by atoms with Gasteiger partial charge >= 0.3 is 0 Å². The van der Waals surface area contributed by atoms with E-state index in [9.17, 15) is 4.79 Å². The van der Waals surface area contributed by atoms with Crippen LogP contribution in [0.5, 0.6) is 0 Å². The highest BCUT2D eigenvalue weighted by Crippen LogP contribution is 2.04. The number of hydrogen-bond donors (Lipinski definition) is 1. The van der Waals surface area contributed by atoms with E-state index >= 15 is 0 Å². The molecule has 102 valence electrons. The van der Waals surface area contributed by atoms with Crippen molar-refractivity contribution in [2.75, 3.05) is 19.7 Å². The van der Waals surface area contributed by atoms with E-state index in [-0.39, 0.29) is 12.5 Å². The Balaban J connectivity index is 2.63. The average Bonchev–Trinajstić information content (AvgIpc) is 2.81. The summed E-state index contributed by atoms with van der Waals surface area (Å²) in [6.07, 6.45) is 2.68. The van der Waals surface area contributed by atoms with E-state index in [4.69, 9.17) is 5.11 Å². The van der Waals surface area contributed by atoms with Crippen LogP contribution in [0.2, 0.25) is 0 Å². The molecule has 1 N–H and O–H groups in total. The largest absolute Gasteiger partial charge is 0.395 e. The summed E-state index contributed by atoms with van der Waals surface area (Å²) in [5.41, 5.74) is 0.342. The third kappa shape index (κ3) is 4.10. The van der Waals surface area contributed by atoms with Crippen LogP contribution in [0.3, 0.4) is 0 Å². The third-order valence-electron chi connectivity index (χ3n) is 2.73. The Morgan fingerprint density at radius 1 is 1.56 bits per heavy atom. The highest BCUT2D eigenvalue weighted by molar-refractivity contribution is 5.91. The first-order chi connectivity index (χ1) is 8.58. The number of aryl methyl sites for hydroxylation is 1. The maximum absolute atomic E-state index is 12.0. The molecule has 0 aliphatic heterocycles. The first kappa shape index (κ1) is 14.6. The van der Waals surface area contributed by atoms with Crippen LogP contribution >= 0.6 is 0 Å². The lowest BCUT2D eigenvalue weighted by molar-refractivity contribution is 0.0726. The second-order valence-corrected chi connectivity index (χ2v) is 4.66. The quantitative estimate of drug-likeness (QED) is 0.780. The minimum Gasteiger partial charge on any atom is -0.395 e. The van der Waals surface area contributed by atoms with Crippen LogP contribution < -0.4 is 0 Å². The predicted molar refractivity (Wildman–Crippen MR) is 68.1 cm³/mol. The van der Waals surface area contributed by atoms with Crippen LogP contribution in [-0.4, -0.2) is 50.6 Å². The fourth-order valence-corrected chi connectivity index (χ4v) is 1.58. The molecule has 0 saturated carbocycles. The van der Waals surface area contributed by atoms with E-state index in [1.165, 1.54) is 0 Å². The molecule has 0 aromatic carbocycles. The molecule has 18 heavy (non-hydrogen) atoms. The summed E-state index contributed by atoms with van der Waals surface area (Å²) in [6, 6.07) is 0. The first-order valence-electron chi connectivity index (χ1n) is 6.38. The number of likely N-dealkylation sites (N-methyl/N-ethyl adjacent to an activating group) is 1. The first-order valence-corrected chi connectivity index (χ1v) is 6.38. The zero-order valence-electron chi connectivity index (χ0n) is 11.3. The zero-order valence-corrected chi connectivity index (χ0v) is 11.3. The summed E-state index contributed by atoms with van der Waals surface area (Å²) in [6.45, 7) is 7.76. The van der Waals surface area contributed by atoms with Gasteiger partial charge < -0.3 is 10.0 Å². The number of carbonyl (C=O) groups excluding carboxylic acids is 1. The Morgan fingerprint density at radius 3 is 2.83 bits per heavy atom. The maximum Gasteiger partial charge on any atom is 0.276 e. The minimum absolute atomic E-state index is 0.0406. The third-order valence-corrected chi connectivity index (χ3v) is 2.73. The van der Waals surface area contributed by atoms with Crippen LogP contribution in [0.4, 0.5) is 0 Å². The number of amides is 1. The molecule has 6 nitrogen and oxygen atoms in total. The van der Waals surface area contributed by atoms with Crippen LogP contribution in [0.15, 0.2) is 6.20 Å². The van der Waals surface area contributed by atoms with Crippen molar-refractivity contribution in [2.45, 2.75) is 33.7 Å². The average molecular weight is 254 g/mol. The van der Waals surface area contributed by atoms with Gasteiger partial charge in [0.05, 0.1) is 12.8 Å². The van der Waals surface area contributed by atoms with Crippen molar-refractivity contribution in [1.82, 2.24) is 19.9 Å². The van der Waals surface area contributed by atoms with Crippen molar-refractivity contribution in [3.63, 3.8) is 0 Å². The van der Waals surface area contributed by atoms with Gasteiger partial charge in [-0.2, -0.15) is 0 Å². The fourth-order valence-electron chi connectivity index (χ4n) is 1.58. The number of hydrogen-bond acceptors (Lipinski definition) is 4. The van der Waals surface area contributed by atoms with Crippen molar-refractivity contribution in [2.24, 2.45) is 5.92 Å². The van der Waals surface area contributed by atoms with E-state index in [1.54, 1.807) is 15.8 Å². The maximum atomic E-state index is 12.0. The van der Waals surface area contributed by atoms with Crippen LogP contribution in [-0.2, 0) is 6.54 Å². The number of carbonyl (C=O) groups is 1. The van der Waals surface area contributed by atoms with Gasteiger partial charge in [0.25, 0.3) is 5.91 Å². The second kappa shape index (κ2) is 7.10. The zero-order chi connectivity index (χ0) is 13.5. The Kier molecular flexibility index (Phi) is 5.77. The van der Waals surface area contributed by atoms with E-state index < -0.39 is 0 Å². The number of nitrogens with zero attached hydrogens (tertiary/aromatic N) is 4. The number of aromatic nitrogens is 3. The van der Waals surface area contributed by atoms with Crippen LogP contribution in [0.1, 0.15) is 37.7 Å². The van der Waals surface area contributed by atoms with E-state index in [1.807, 2.05) is 6.92 Å². The molecule has 0 fully saturated rings. The number of aliphatic hydroxyl groups is 1. The standard InChI is InChI=1S/C12H22N4O2/c1-4-15(7-8-17)12(18)11-9-16(14-13-11)6-5-10(2)3/h9-10,17H,4-8H2,1-3H3. The Bertz CT molecular complexity index is 376. The van der Waals surface area contributed by atoms with Crippen molar-refractivity contribution < 1.29 is 9.90 Å². The monoisotopic (exact) mass is 254 g/mol. The summed E-state index contributed by atoms with van der Waals surface area (Å²) in [4.78, 5) is 13.6. The Labute approximate surface area is 108 Å². The molecule has 1 heterocycles. The molecular weight excluding hydrogens is 232 g/mol. The van der Waals surface area contributed by atoms with E-state index in [2.05, 4.69) is 24.2 Å². The highest BCUT2D eigenvalue weighted by Gasteiger charge is 2.17. The normalized spacial score (nSPS) is 10.9. The van der Waals surface area contributed by atoms with Gasteiger partial charge in [-0.1, -0.05) is 19.1 Å². The second-order valence-electron chi connectivity index (χ2n) is 4.66. The van der Waals surface area contributed by atoms with Crippen LogP contribution in [0, 0.1) is 5.92 Å². The molecular formula is C12H22N4O2. The minimum atomic E-state index is -0.178. The number of aliphatic hydroxyl groups excluding tert-OH is 1. The molecule has 0 unspecified atom stereocenters. The van der Waals surface area contributed by atoms with Gasteiger partial charge in [0.15, 0.2) is 5.69 Å². The summed E-state index contributed by atoms with van der Waals surface area (Å²) >= 11 is 0. The summed E-state index contributed by atoms with van der Waals surface area (Å²) < 4.78 is 1.69. The van der Waals surface area contributed by atoms with Gasteiger partial charge in [0, 0.05) is 19.6 Å². The molecule has 0 atom stereocenters. The highest BCUT2D eigenvalue weighted by atomic mass is 16.3. The smallest absolute Gasteiger partial charge is 0.276 e. The lowest BCUT2D eigenvalue weighted by Gasteiger charge is -2.17. The molecule has 0 saturated heterocycles. The van der Waals surface area contributed by atoms with Crippen LogP contribution in [0.25, 0.3) is 0 Å². The molecule has 0 spiro atoms. The van der Waals surface area contributed by atoms with E-state index in [0.717, 1.165) is 13.0 Å². The fraction of sp³-hybridized carbons (Fsp3) is 0.750. The van der Waals surface area contributed by atoms with Gasteiger partial charge in [-0.3, -0.25) is 9.48 Å². The lowest BCUT2D eigenvalue weighted by Crippen LogP contribution is -2.33. The molecule has 1 aromatic rings. The number of rotatable bonds is 7. The Morgan fingerprint density at radius 2 is 2.28 bits per heavy atom. The predicted octanol–water partition coefficient (Wildman–Crippen LogP) is 0.779.